The number of rotatable bonds is 1. The summed E-state index contributed by atoms with van der Waals surface area (Å²) in [5.74, 6) is 1.05. The second-order valence-electron chi connectivity index (χ2n) is 6.13. The fourth-order valence-electron chi connectivity index (χ4n) is 3.59. The maximum absolute atomic E-state index is 12.9. The fourth-order valence-corrected chi connectivity index (χ4v) is 3.96. The van der Waals surface area contributed by atoms with Gasteiger partial charge in [0.15, 0.2) is 0 Å². The van der Waals surface area contributed by atoms with Crippen molar-refractivity contribution in [2.75, 3.05) is 26.2 Å². The number of pyridine rings is 1. The molecular weight excluding hydrogens is 382 g/mol. The Morgan fingerprint density at radius 1 is 1.17 bits per heavy atom. The summed E-state index contributed by atoms with van der Waals surface area (Å²) in [6.07, 6.45) is 0. The first-order valence-corrected chi connectivity index (χ1v) is 8.24. The van der Waals surface area contributed by atoms with Gasteiger partial charge in [0, 0.05) is 47.6 Å². The molecule has 2 fully saturated rings. The number of carbonyl (C=O) groups is 1. The normalized spacial score (nSPS) is 22.9. The van der Waals surface area contributed by atoms with Gasteiger partial charge in [-0.3, -0.25) is 9.59 Å². The minimum absolute atomic E-state index is 0. The first-order valence-electron chi connectivity index (χ1n) is 7.44. The number of H-pyrrole nitrogens is 1. The van der Waals surface area contributed by atoms with E-state index in [2.05, 4.69) is 26.2 Å². The number of amides is 1. The minimum atomic E-state index is -0.237. The number of hydrogen-bond acceptors (Lipinski definition) is 3. The van der Waals surface area contributed by atoms with Crippen molar-refractivity contribution in [2.24, 2.45) is 11.8 Å². The summed E-state index contributed by atoms with van der Waals surface area (Å²) in [5.41, 5.74) is 0.951. The Kier molecular flexibility index (Phi) is 4.49. The molecule has 1 amide bonds. The number of aromatic amines is 1. The highest BCUT2D eigenvalue weighted by Gasteiger charge is 2.38. The third-order valence-electron chi connectivity index (χ3n) is 4.71. The molecule has 0 aliphatic carbocycles. The van der Waals surface area contributed by atoms with Crippen molar-refractivity contribution in [3.8, 4) is 0 Å². The zero-order chi connectivity index (χ0) is 15.3. The lowest BCUT2D eigenvalue weighted by Crippen LogP contribution is -2.32. The third kappa shape index (κ3) is 2.91. The summed E-state index contributed by atoms with van der Waals surface area (Å²) < 4.78 is 0.892. The van der Waals surface area contributed by atoms with E-state index in [1.807, 2.05) is 23.1 Å². The Labute approximate surface area is 148 Å². The number of aromatic nitrogens is 1. The van der Waals surface area contributed by atoms with E-state index in [0.29, 0.717) is 22.9 Å². The quantitative estimate of drug-likeness (QED) is 0.772. The van der Waals surface area contributed by atoms with Crippen molar-refractivity contribution in [1.82, 2.24) is 15.2 Å². The van der Waals surface area contributed by atoms with Crippen molar-refractivity contribution < 1.29 is 4.79 Å². The topological polar surface area (TPSA) is 65.2 Å². The van der Waals surface area contributed by atoms with Crippen molar-refractivity contribution in [3.63, 3.8) is 0 Å². The number of likely N-dealkylation sites (tertiary alicyclic amines) is 1. The zero-order valence-electron chi connectivity index (χ0n) is 12.3. The number of nitrogens with one attached hydrogen (secondary N) is 2. The van der Waals surface area contributed by atoms with Crippen LogP contribution in [0.2, 0.25) is 0 Å². The smallest absolute Gasteiger partial charge is 0.254 e. The highest BCUT2D eigenvalue weighted by Crippen LogP contribution is 2.29. The van der Waals surface area contributed by atoms with Gasteiger partial charge in [-0.05, 0) is 30.0 Å². The lowest BCUT2D eigenvalue weighted by Gasteiger charge is -2.18. The molecule has 2 aliphatic rings. The molecule has 4 rings (SSSR count). The Bertz CT molecular complexity index is 811. The van der Waals surface area contributed by atoms with Gasteiger partial charge in [0.2, 0.25) is 5.56 Å². The average Bonchev–Trinajstić information content (AvgIpc) is 3.07. The van der Waals surface area contributed by atoms with Gasteiger partial charge in [0.25, 0.3) is 5.91 Å². The molecule has 0 spiro atoms. The minimum Gasteiger partial charge on any atom is -0.338 e. The molecular formula is C16H17BrClN3O2. The number of nitrogens with zero attached hydrogens (tertiary/aromatic N) is 1. The molecule has 23 heavy (non-hydrogen) atoms. The summed E-state index contributed by atoms with van der Waals surface area (Å²) in [6, 6.07) is 6.99. The molecule has 0 radical (unpaired) electrons. The van der Waals surface area contributed by atoms with E-state index < -0.39 is 0 Å². The monoisotopic (exact) mass is 397 g/mol. The molecule has 1 aromatic carbocycles. The van der Waals surface area contributed by atoms with E-state index in [0.717, 1.165) is 36.0 Å². The summed E-state index contributed by atoms with van der Waals surface area (Å²) in [7, 11) is 0. The molecule has 7 heteroatoms. The number of halogens is 2. The van der Waals surface area contributed by atoms with Gasteiger partial charge in [-0.2, -0.15) is 0 Å². The maximum atomic E-state index is 12.9. The lowest BCUT2D eigenvalue weighted by atomic mass is 10.0. The Hall–Kier alpha value is -1.37. The van der Waals surface area contributed by atoms with Crippen LogP contribution in [0.1, 0.15) is 10.4 Å². The Morgan fingerprint density at radius 3 is 2.57 bits per heavy atom. The molecule has 122 valence electrons. The van der Waals surface area contributed by atoms with Gasteiger partial charge in [-0.25, -0.2) is 0 Å². The average molecular weight is 399 g/mol. The molecule has 0 bridgehead atoms. The van der Waals surface area contributed by atoms with Gasteiger partial charge in [0.1, 0.15) is 0 Å². The lowest BCUT2D eigenvalue weighted by molar-refractivity contribution is 0.0783. The molecule has 2 N–H and O–H groups in total. The molecule has 2 atom stereocenters. The van der Waals surface area contributed by atoms with Crippen LogP contribution in [-0.2, 0) is 0 Å². The van der Waals surface area contributed by atoms with Crippen LogP contribution in [-0.4, -0.2) is 42.0 Å². The van der Waals surface area contributed by atoms with Crippen molar-refractivity contribution in [1.29, 1.82) is 0 Å². The number of hydrogen-bond donors (Lipinski definition) is 2. The molecule has 0 unspecified atom stereocenters. The SMILES string of the molecule is Cl.O=C(c1cc(=O)[nH]c2ccc(Br)cc12)N1C[C@H]2CNC[C@H]2C1. The highest BCUT2D eigenvalue weighted by molar-refractivity contribution is 9.10. The van der Waals surface area contributed by atoms with Gasteiger partial charge in [-0.15, -0.1) is 12.4 Å². The molecule has 3 heterocycles. The van der Waals surface area contributed by atoms with E-state index in [-0.39, 0.29) is 23.9 Å². The number of fused-ring (bicyclic) bond motifs is 2. The second-order valence-corrected chi connectivity index (χ2v) is 7.04. The van der Waals surface area contributed by atoms with Gasteiger partial charge >= 0.3 is 0 Å². The van der Waals surface area contributed by atoms with Crippen LogP contribution in [0.5, 0.6) is 0 Å². The molecule has 5 nitrogen and oxygen atoms in total. The predicted molar refractivity (Wildman–Crippen MR) is 95.3 cm³/mol. The van der Waals surface area contributed by atoms with Crippen LogP contribution in [0.3, 0.4) is 0 Å². The van der Waals surface area contributed by atoms with Crippen LogP contribution in [0.15, 0.2) is 33.5 Å². The number of carbonyl (C=O) groups excluding carboxylic acids is 1. The zero-order valence-corrected chi connectivity index (χ0v) is 14.7. The molecule has 2 aliphatic heterocycles. The Balaban J connectivity index is 0.00000156. The van der Waals surface area contributed by atoms with Crippen LogP contribution < -0.4 is 10.9 Å². The van der Waals surface area contributed by atoms with Crippen LogP contribution in [0.25, 0.3) is 10.9 Å². The largest absolute Gasteiger partial charge is 0.338 e. The number of benzene rings is 1. The van der Waals surface area contributed by atoms with Crippen molar-refractivity contribution in [3.05, 3.63) is 44.7 Å². The third-order valence-corrected chi connectivity index (χ3v) is 5.21. The fraction of sp³-hybridized carbons (Fsp3) is 0.375. The van der Waals surface area contributed by atoms with E-state index in [1.54, 1.807) is 0 Å². The van der Waals surface area contributed by atoms with E-state index in [4.69, 9.17) is 0 Å². The van der Waals surface area contributed by atoms with Crippen LogP contribution >= 0.6 is 28.3 Å². The summed E-state index contributed by atoms with van der Waals surface area (Å²) >= 11 is 3.43. The van der Waals surface area contributed by atoms with Gasteiger partial charge < -0.3 is 15.2 Å². The summed E-state index contributed by atoms with van der Waals surface area (Å²) in [4.78, 5) is 29.4. The van der Waals surface area contributed by atoms with Crippen LogP contribution in [0, 0.1) is 11.8 Å². The molecule has 0 saturated carbocycles. The van der Waals surface area contributed by atoms with E-state index in [1.165, 1.54) is 6.07 Å². The maximum Gasteiger partial charge on any atom is 0.254 e. The summed E-state index contributed by atoms with van der Waals surface area (Å²) in [5, 5.41) is 4.16. The standard InChI is InChI=1S/C16H16BrN3O2.ClH/c17-11-1-2-14-12(3-11)13(4-15(21)19-14)16(22)20-7-9-5-18-6-10(9)8-20;/h1-4,9-10,18H,5-8H2,(H,19,21);1H/t9-,10+;. The first-order chi connectivity index (χ1) is 10.6. The highest BCUT2D eigenvalue weighted by atomic mass is 79.9. The predicted octanol–water partition coefficient (Wildman–Crippen LogP) is 2.00. The van der Waals surface area contributed by atoms with E-state index >= 15 is 0 Å². The Morgan fingerprint density at radius 2 is 1.87 bits per heavy atom. The molecule has 2 saturated heterocycles. The van der Waals surface area contributed by atoms with Crippen molar-refractivity contribution in [2.45, 2.75) is 0 Å². The summed E-state index contributed by atoms with van der Waals surface area (Å²) in [6.45, 7) is 3.52. The first kappa shape index (κ1) is 16.5. The van der Waals surface area contributed by atoms with Gasteiger partial charge in [-0.1, -0.05) is 15.9 Å². The molecule has 2 aromatic rings. The van der Waals surface area contributed by atoms with Crippen LogP contribution in [0.4, 0.5) is 0 Å². The second kappa shape index (κ2) is 6.26. The molecule has 1 aromatic heterocycles. The van der Waals surface area contributed by atoms with Gasteiger partial charge in [0.05, 0.1) is 5.56 Å². The van der Waals surface area contributed by atoms with E-state index in [9.17, 15) is 9.59 Å². The van der Waals surface area contributed by atoms with Crippen molar-refractivity contribution >= 4 is 45.1 Å².